The summed E-state index contributed by atoms with van der Waals surface area (Å²) in [6.45, 7) is 3.62. The molecule has 1 amide bonds. The van der Waals surface area contributed by atoms with E-state index >= 15 is 0 Å². The monoisotopic (exact) mass is 248 g/mol. The number of carbonyl (C=O) groups excluding carboxylic acids is 1. The molecule has 2 rings (SSSR count). The van der Waals surface area contributed by atoms with Crippen LogP contribution in [0.25, 0.3) is 0 Å². The van der Waals surface area contributed by atoms with Crippen molar-refractivity contribution in [1.82, 2.24) is 4.98 Å². The number of amides is 1. The number of hydrogen-bond acceptors (Lipinski definition) is 3. The van der Waals surface area contributed by atoms with E-state index in [0.717, 1.165) is 38.0 Å². The van der Waals surface area contributed by atoms with Gasteiger partial charge in [0, 0.05) is 25.8 Å². The van der Waals surface area contributed by atoms with Crippen molar-refractivity contribution < 1.29 is 9.53 Å². The molecule has 0 aliphatic carbocycles. The van der Waals surface area contributed by atoms with E-state index in [1.54, 1.807) is 6.20 Å². The fourth-order valence-electron chi connectivity index (χ4n) is 2.18. The second kappa shape index (κ2) is 6.50. The number of aryl methyl sites for hydroxylation is 1. The second-order valence-electron chi connectivity index (χ2n) is 4.81. The molecule has 0 atom stereocenters. The smallest absolute Gasteiger partial charge is 0.225 e. The van der Waals surface area contributed by atoms with Crippen molar-refractivity contribution in [2.24, 2.45) is 5.92 Å². The van der Waals surface area contributed by atoms with Gasteiger partial charge in [-0.25, -0.2) is 4.98 Å². The number of rotatable bonds is 4. The normalized spacial score (nSPS) is 16.5. The first-order chi connectivity index (χ1) is 8.75. The molecule has 1 aromatic heterocycles. The number of nitrogens with one attached hydrogen (secondary N) is 1. The first kappa shape index (κ1) is 13.0. The van der Waals surface area contributed by atoms with Crippen molar-refractivity contribution in [3.63, 3.8) is 0 Å². The third-order valence-corrected chi connectivity index (χ3v) is 3.39. The average Bonchev–Trinajstić information content (AvgIpc) is 2.40. The molecule has 0 bridgehead atoms. The number of nitrogens with zero attached hydrogens (tertiary/aromatic N) is 1. The van der Waals surface area contributed by atoms with Crippen molar-refractivity contribution in [2.45, 2.75) is 32.6 Å². The summed E-state index contributed by atoms with van der Waals surface area (Å²) in [4.78, 5) is 16.0. The molecular formula is C14H20N2O2. The average molecular weight is 248 g/mol. The van der Waals surface area contributed by atoms with Crippen LogP contribution in [-0.4, -0.2) is 24.1 Å². The van der Waals surface area contributed by atoms with Gasteiger partial charge in [0.2, 0.25) is 5.91 Å². The zero-order valence-corrected chi connectivity index (χ0v) is 10.8. The minimum absolute atomic E-state index is 0.0586. The minimum atomic E-state index is 0.0586. The van der Waals surface area contributed by atoms with Crippen LogP contribution in [0.5, 0.6) is 0 Å². The van der Waals surface area contributed by atoms with E-state index in [1.165, 1.54) is 0 Å². The van der Waals surface area contributed by atoms with E-state index < -0.39 is 0 Å². The summed E-state index contributed by atoms with van der Waals surface area (Å²) in [7, 11) is 0. The van der Waals surface area contributed by atoms with Crippen LogP contribution in [0.2, 0.25) is 0 Å². The number of ether oxygens (including phenoxy) is 1. The predicted molar refractivity (Wildman–Crippen MR) is 70.4 cm³/mol. The van der Waals surface area contributed by atoms with Crippen molar-refractivity contribution in [3.8, 4) is 0 Å². The van der Waals surface area contributed by atoms with Gasteiger partial charge >= 0.3 is 0 Å². The van der Waals surface area contributed by atoms with E-state index in [9.17, 15) is 4.79 Å². The van der Waals surface area contributed by atoms with E-state index in [-0.39, 0.29) is 5.91 Å². The molecule has 4 nitrogen and oxygen atoms in total. The van der Waals surface area contributed by atoms with E-state index in [0.29, 0.717) is 18.2 Å². The van der Waals surface area contributed by atoms with Crippen molar-refractivity contribution in [2.75, 3.05) is 18.5 Å². The number of aromatic nitrogens is 1. The van der Waals surface area contributed by atoms with Gasteiger partial charge < -0.3 is 10.1 Å². The maximum absolute atomic E-state index is 11.8. The van der Waals surface area contributed by atoms with Crippen molar-refractivity contribution in [3.05, 3.63) is 23.9 Å². The number of carbonyl (C=O) groups is 1. The zero-order valence-electron chi connectivity index (χ0n) is 10.8. The van der Waals surface area contributed by atoms with Gasteiger partial charge in [0.1, 0.15) is 5.82 Å². The van der Waals surface area contributed by atoms with Crippen LogP contribution >= 0.6 is 0 Å². The summed E-state index contributed by atoms with van der Waals surface area (Å²) in [6.07, 6.45) is 5.37. The van der Waals surface area contributed by atoms with Gasteiger partial charge in [0.25, 0.3) is 0 Å². The quantitative estimate of drug-likeness (QED) is 0.890. The molecule has 0 aromatic carbocycles. The summed E-state index contributed by atoms with van der Waals surface area (Å²) in [6, 6.07) is 3.81. The molecule has 0 unspecified atom stereocenters. The van der Waals surface area contributed by atoms with Gasteiger partial charge in [-0.1, -0.05) is 6.07 Å². The molecule has 1 aliphatic heterocycles. The van der Waals surface area contributed by atoms with Gasteiger partial charge in [-0.2, -0.15) is 0 Å². The molecule has 18 heavy (non-hydrogen) atoms. The Morgan fingerprint density at radius 1 is 1.50 bits per heavy atom. The molecule has 1 aliphatic rings. The van der Waals surface area contributed by atoms with E-state index in [2.05, 4.69) is 10.3 Å². The number of hydrogen-bond donors (Lipinski definition) is 1. The Kier molecular flexibility index (Phi) is 4.70. The molecular weight excluding hydrogens is 228 g/mol. The molecule has 1 N–H and O–H groups in total. The lowest BCUT2D eigenvalue weighted by molar-refractivity contribution is -0.116. The lowest BCUT2D eigenvalue weighted by atomic mass is 9.95. The Hall–Kier alpha value is -1.42. The molecule has 1 saturated heterocycles. The maximum Gasteiger partial charge on any atom is 0.225 e. The largest absolute Gasteiger partial charge is 0.381 e. The van der Waals surface area contributed by atoms with Crippen LogP contribution in [0.3, 0.4) is 0 Å². The first-order valence-electron chi connectivity index (χ1n) is 6.55. The summed E-state index contributed by atoms with van der Waals surface area (Å²) < 4.78 is 5.31. The standard InChI is InChI=1S/C14H20N2O2/c1-11-3-2-8-15-14(11)16-13(17)5-4-12-6-9-18-10-7-12/h2-3,8,12H,4-7,9-10H2,1H3,(H,15,16,17). The maximum atomic E-state index is 11.8. The van der Waals surface area contributed by atoms with E-state index in [1.807, 2.05) is 19.1 Å². The SMILES string of the molecule is Cc1cccnc1NC(=O)CCC1CCOCC1. The predicted octanol–water partition coefficient (Wildman–Crippen LogP) is 2.54. The highest BCUT2D eigenvalue weighted by molar-refractivity contribution is 5.90. The Bertz CT molecular complexity index is 401. The summed E-state index contributed by atoms with van der Waals surface area (Å²) in [5.41, 5.74) is 0.997. The zero-order chi connectivity index (χ0) is 12.8. The minimum Gasteiger partial charge on any atom is -0.381 e. The Labute approximate surface area is 108 Å². The van der Waals surface area contributed by atoms with Gasteiger partial charge in [-0.15, -0.1) is 0 Å². The molecule has 0 radical (unpaired) electrons. The molecule has 2 heterocycles. The van der Waals surface area contributed by atoms with Crippen LogP contribution in [0, 0.1) is 12.8 Å². The Balaban J connectivity index is 1.76. The van der Waals surface area contributed by atoms with E-state index in [4.69, 9.17) is 4.74 Å². The van der Waals surface area contributed by atoms with Crippen LogP contribution in [0.15, 0.2) is 18.3 Å². The highest BCUT2D eigenvalue weighted by Gasteiger charge is 2.15. The lowest BCUT2D eigenvalue weighted by Crippen LogP contribution is -2.19. The van der Waals surface area contributed by atoms with Crippen molar-refractivity contribution in [1.29, 1.82) is 0 Å². The first-order valence-corrected chi connectivity index (χ1v) is 6.55. The van der Waals surface area contributed by atoms with Crippen molar-refractivity contribution >= 4 is 11.7 Å². The highest BCUT2D eigenvalue weighted by Crippen LogP contribution is 2.20. The molecule has 0 saturated carbocycles. The highest BCUT2D eigenvalue weighted by atomic mass is 16.5. The van der Waals surface area contributed by atoms with Gasteiger partial charge in [0.15, 0.2) is 0 Å². The molecule has 1 fully saturated rings. The van der Waals surface area contributed by atoms with Crippen LogP contribution < -0.4 is 5.32 Å². The fourth-order valence-corrected chi connectivity index (χ4v) is 2.18. The van der Waals surface area contributed by atoms with Gasteiger partial charge in [0.05, 0.1) is 0 Å². The van der Waals surface area contributed by atoms with Gasteiger partial charge in [-0.3, -0.25) is 4.79 Å². The van der Waals surface area contributed by atoms with Crippen LogP contribution in [0.4, 0.5) is 5.82 Å². The third-order valence-electron chi connectivity index (χ3n) is 3.39. The topological polar surface area (TPSA) is 51.2 Å². The third kappa shape index (κ3) is 3.81. The fraction of sp³-hybridized carbons (Fsp3) is 0.571. The summed E-state index contributed by atoms with van der Waals surface area (Å²) >= 11 is 0. The summed E-state index contributed by atoms with van der Waals surface area (Å²) in [5.74, 6) is 1.37. The van der Waals surface area contributed by atoms with Crippen LogP contribution in [0.1, 0.15) is 31.2 Å². The molecule has 98 valence electrons. The lowest BCUT2D eigenvalue weighted by Gasteiger charge is -2.21. The molecule has 1 aromatic rings. The van der Waals surface area contributed by atoms with Crippen LogP contribution in [-0.2, 0) is 9.53 Å². The number of anilines is 1. The Morgan fingerprint density at radius 2 is 2.28 bits per heavy atom. The Morgan fingerprint density at radius 3 is 3.00 bits per heavy atom. The van der Waals surface area contributed by atoms with Gasteiger partial charge in [-0.05, 0) is 43.7 Å². The molecule has 4 heteroatoms. The number of pyridine rings is 1. The summed E-state index contributed by atoms with van der Waals surface area (Å²) in [5, 5.41) is 2.87. The second-order valence-corrected chi connectivity index (χ2v) is 4.81. The molecule has 0 spiro atoms.